The summed E-state index contributed by atoms with van der Waals surface area (Å²) in [6.45, 7) is 2.48. The van der Waals surface area contributed by atoms with Gasteiger partial charge in [-0.2, -0.15) is 0 Å². The van der Waals surface area contributed by atoms with E-state index in [4.69, 9.17) is 4.74 Å². The highest BCUT2D eigenvalue weighted by Crippen LogP contribution is 2.30. The van der Waals surface area contributed by atoms with Crippen molar-refractivity contribution in [2.45, 2.75) is 12.8 Å². The molecular weight excluding hydrogens is 376 g/mol. The molecule has 2 aliphatic rings. The molecule has 0 radical (unpaired) electrons. The van der Waals surface area contributed by atoms with Crippen LogP contribution in [0.4, 0.5) is 5.82 Å². The first-order chi connectivity index (χ1) is 13.7. The van der Waals surface area contributed by atoms with Crippen LogP contribution in [0.25, 0.3) is 16.8 Å². The van der Waals surface area contributed by atoms with Crippen LogP contribution in [0.5, 0.6) is 0 Å². The Balaban J connectivity index is 1.36. The fraction of sp³-hybridized carbons (Fsp3) is 0.350. The molecule has 1 aliphatic carbocycles. The molecule has 28 heavy (non-hydrogen) atoms. The number of thiophene rings is 1. The summed E-state index contributed by atoms with van der Waals surface area (Å²) in [6, 6.07) is 5.85. The zero-order valence-corrected chi connectivity index (χ0v) is 16.1. The maximum Gasteiger partial charge on any atom is 0.264 e. The first-order valence-electron chi connectivity index (χ1n) is 9.43. The van der Waals surface area contributed by atoms with Gasteiger partial charge in [0, 0.05) is 25.2 Å². The van der Waals surface area contributed by atoms with Gasteiger partial charge in [0.15, 0.2) is 5.82 Å². The average Bonchev–Trinajstić information content (AvgIpc) is 3.32. The van der Waals surface area contributed by atoms with E-state index < -0.39 is 0 Å². The molecule has 1 aliphatic heterocycles. The number of amides is 2. The molecule has 1 saturated carbocycles. The highest BCUT2D eigenvalue weighted by Gasteiger charge is 2.30. The third kappa shape index (κ3) is 3.41. The van der Waals surface area contributed by atoms with Gasteiger partial charge in [-0.25, -0.2) is 4.98 Å². The predicted molar refractivity (Wildman–Crippen MR) is 107 cm³/mol. The molecule has 2 amide bonds. The molecule has 8 heteroatoms. The molecular formula is C20H20N4O3S. The van der Waals surface area contributed by atoms with Crippen LogP contribution in [0.15, 0.2) is 36.0 Å². The fourth-order valence-electron chi connectivity index (χ4n) is 3.32. The van der Waals surface area contributed by atoms with E-state index in [0.717, 1.165) is 34.5 Å². The average molecular weight is 396 g/mol. The summed E-state index contributed by atoms with van der Waals surface area (Å²) in [6.07, 6.45) is 5.73. The Labute approximate surface area is 165 Å². The number of nitrogens with zero attached hydrogens (tertiary/aromatic N) is 3. The van der Waals surface area contributed by atoms with Crippen LogP contribution >= 0.6 is 11.3 Å². The lowest BCUT2D eigenvalue weighted by molar-refractivity contribution is -0.117. The molecule has 5 rings (SSSR count). The number of imidazole rings is 1. The summed E-state index contributed by atoms with van der Waals surface area (Å²) < 4.78 is 7.22. The molecule has 2 fully saturated rings. The second-order valence-corrected chi connectivity index (χ2v) is 8.09. The molecule has 0 unspecified atom stereocenters. The second kappa shape index (κ2) is 7.03. The van der Waals surface area contributed by atoms with Crippen molar-refractivity contribution in [2.75, 3.05) is 31.6 Å². The number of carbonyl (C=O) groups is 2. The number of hydrogen-bond donors (Lipinski definition) is 1. The molecule has 4 heterocycles. The summed E-state index contributed by atoms with van der Waals surface area (Å²) in [7, 11) is 0. The summed E-state index contributed by atoms with van der Waals surface area (Å²) >= 11 is 1.46. The Bertz CT molecular complexity index is 1050. The van der Waals surface area contributed by atoms with Gasteiger partial charge in [0.2, 0.25) is 5.91 Å². The van der Waals surface area contributed by atoms with E-state index in [-0.39, 0.29) is 17.7 Å². The first-order valence-corrected chi connectivity index (χ1v) is 10.3. The molecule has 7 nitrogen and oxygen atoms in total. The monoisotopic (exact) mass is 396 g/mol. The van der Waals surface area contributed by atoms with Crippen LogP contribution in [-0.2, 0) is 9.53 Å². The van der Waals surface area contributed by atoms with Crippen LogP contribution in [0.3, 0.4) is 0 Å². The topological polar surface area (TPSA) is 75.9 Å². The van der Waals surface area contributed by atoms with E-state index in [2.05, 4.69) is 10.3 Å². The highest BCUT2D eigenvalue weighted by molar-refractivity contribution is 7.12. The number of pyridine rings is 1. The summed E-state index contributed by atoms with van der Waals surface area (Å²) in [5.74, 6) is 0.831. The number of hydrogen-bond acceptors (Lipinski definition) is 5. The fourth-order valence-corrected chi connectivity index (χ4v) is 4.20. The maximum absolute atomic E-state index is 12.6. The molecule has 0 bridgehead atoms. The van der Waals surface area contributed by atoms with E-state index in [9.17, 15) is 9.59 Å². The second-order valence-electron chi connectivity index (χ2n) is 7.18. The molecule has 0 atom stereocenters. The largest absolute Gasteiger partial charge is 0.378 e. The normalized spacial score (nSPS) is 17.1. The minimum atomic E-state index is 0.0488. The van der Waals surface area contributed by atoms with Crippen molar-refractivity contribution in [2.24, 2.45) is 5.92 Å². The van der Waals surface area contributed by atoms with Gasteiger partial charge in [0.05, 0.1) is 24.3 Å². The van der Waals surface area contributed by atoms with Gasteiger partial charge in [-0.3, -0.25) is 9.59 Å². The standard InChI is InChI=1S/C20H20N4O3S/c25-19(13-1-2-13)22-17-11-24-10-14(3-4-18(24)21-17)15-9-16(28-12-15)20(26)23-5-7-27-8-6-23/h3-4,9-13H,1-2,5-8H2,(H,22,25). The van der Waals surface area contributed by atoms with Gasteiger partial charge in [-0.1, -0.05) is 0 Å². The van der Waals surface area contributed by atoms with E-state index in [0.29, 0.717) is 32.1 Å². The van der Waals surface area contributed by atoms with E-state index in [1.165, 1.54) is 11.3 Å². The number of fused-ring (bicyclic) bond motifs is 1. The molecule has 1 saturated heterocycles. The van der Waals surface area contributed by atoms with E-state index in [1.807, 2.05) is 45.3 Å². The van der Waals surface area contributed by atoms with E-state index >= 15 is 0 Å². The molecule has 1 N–H and O–H groups in total. The lowest BCUT2D eigenvalue weighted by atomic mass is 10.1. The van der Waals surface area contributed by atoms with Crippen LogP contribution in [0.1, 0.15) is 22.5 Å². The number of anilines is 1. The van der Waals surface area contributed by atoms with Gasteiger partial charge in [-0.15, -0.1) is 11.3 Å². The molecule has 0 aromatic carbocycles. The van der Waals surface area contributed by atoms with E-state index in [1.54, 1.807) is 0 Å². The number of aromatic nitrogens is 2. The SMILES string of the molecule is O=C(Nc1cn2cc(-c3csc(C(=O)N4CCOCC4)c3)ccc2n1)C1CC1. The minimum Gasteiger partial charge on any atom is -0.378 e. The Morgan fingerprint density at radius 3 is 2.75 bits per heavy atom. The van der Waals surface area contributed by atoms with Crippen molar-refractivity contribution in [1.29, 1.82) is 0 Å². The lowest BCUT2D eigenvalue weighted by Gasteiger charge is -2.26. The summed E-state index contributed by atoms with van der Waals surface area (Å²) in [5, 5.41) is 4.88. The third-order valence-electron chi connectivity index (χ3n) is 5.09. The zero-order chi connectivity index (χ0) is 19.1. The van der Waals surface area contributed by atoms with Crippen molar-refractivity contribution in [3.05, 3.63) is 40.8 Å². The highest BCUT2D eigenvalue weighted by atomic mass is 32.1. The maximum atomic E-state index is 12.6. The number of rotatable bonds is 4. The smallest absolute Gasteiger partial charge is 0.264 e. The Morgan fingerprint density at radius 1 is 1.14 bits per heavy atom. The van der Waals surface area contributed by atoms with Crippen molar-refractivity contribution in [3.63, 3.8) is 0 Å². The Morgan fingerprint density at radius 2 is 1.96 bits per heavy atom. The van der Waals surface area contributed by atoms with Gasteiger partial charge < -0.3 is 19.4 Å². The third-order valence-corrected chi connectivity index (χ3v) is 6.01. The van der Waals surface area contributed by atoms with Crippen LogP contribution in [0, 0.1) is 5.92 Å². The van der Waals surface area contributed by atoms with Crippen LogP contribution in [-0.4, -0.2) is 52.4 Å². The molecule has 144 valence electrons. The van der Waals surface area contributed by atoms with Crippen LogP contribution < -0.4 is 5.32 Å². The number of nitrogens with one attached hydrogen (secondary N) is 1. The van der Waals surface area contributed by atoms with Crippen molar-refractivity contribution in [1.82, 2.24) is 14.3 Å². The number of carbonyl (C=O) groups excluding carboxylic acids is 2. The number of ether oxygens (including phenoxy) is 1. The van der Waals surface area contributed by atoms with Crippen molar-refractivity contribution in [3.8, 4) is 11.1 Å². The molecule has 0 spiro atoms. The van der Waals surface area contributed by atoms with Crippen molar-refractivity contribution >= 4 is 34.6 Å². The summed E-state index contributed by atoms with van der Waals surface area (Å²) in [4.78, 5) is 31.6. The van der Waals surface area contributed by atoms with Crippen molar-refractivity contribution < 1.29 is 14.3 Å². The summed E-state index contributed by atoms with van der Waals surface area (Å²) in [5.41, 5.74) is 2.78. The predicted octanol–water partition coefficient (Wildman–Crippen LogP) is 2.88. The van der Waals surface area contributed by atoms with Gasteiger partial charge in [-0.05, 0) is 47.5 Å². The van der Waals surface area contributed by atoms with Gasteiger partial charge in [0.1, 0.15) is 5.65 Å². The van der Waals surface area contributed by atoms with Gasteiger partial charge >= 0.3 is 0 Å². The molecule has 3 aromatic rings. The zero-order valence-electron chi connectivity index (χ0n) is 15.3. The number of morpholine rings is 1. The Hall–Kier alpha value is -2.71. The van der Waals surface area contributed by atoms with Crippen LogP contribution in [0.2, 0.25) is 0 Å². The molecule has 3 aromatic heterocycles. The Kier molecular flexibility index (Phi) is 4.37. The van der Waals surface area contributed by atoms with Gasteiger partial charge in [0.25, 0.3) is 5.91 Å². The quantitative estimate of drug-likeness (QED) is 0.736. The minimum absolute atomic E-state index is 0.0488. The lowest BCUT2D eigenvalue weighted by Crippen LogP contribution is -2.40. The first kappa shape index (κ1) is 17.4.